The summed E-state index contributed by atoms with van der Waals surface area (Å²) in [6, 6.07) is 4.60. The third-order valence-electron chi connectivity index (χ3n) is 8.32. The quantitative estimate of drug-likeness (QED) is 0.168. The van der Waals surface area contributed by atoms with E-state index in [1.54, 1.807) is 6.07 Å². The number of fused-ring (bicyclic) bond motifs is 1. The summed E-state index contributed by atoms with van der Waals surface area (Å²) in [4.78, 5) is 36.0. The van der Waals surface area contributed by atoms with Crippen molar-refractivity contribution in [1.82, 2.24) is 24.5 Å². The molecule has 0 bridgehead atoms. The molecule has 16 heteroatoms. The zero-order chi connectivity index (χ0) is 34.1. The van der Waals surface area contributed by atoms with Gasteiger partial charge in [-0.25, -0.2) is 13.4 Å². The molecule has 1 saturated heterocycles. The highest BCUT2D eigenvalue weighted by molar-refractivity contribution is 7.89. The SMILES string of the molecule is CCCOc1ccc(S(=O)(=O)N2CCC([C@@H](CON[O-])O[NH+]([O-])OC)CC2)cc1-c1nc2c(CCC)cn(CCC(C)C)c2c(=O)[nH]1. The number of sulfonamides is 1. The maximum atomic E-state index is 13.9. The van der Waals surface area contributed by atoms with E-state index in [0.29, 0.717) is 54.3 Å². The van der Waals surface area contributed by atoms with Crippen LogP contribution in [0.1, 0.15) is 65.4 Å². The molecule has 47 heavy (non-hydrogen) atoms. The number of hydrogen-bond acceptors (Lipinski definition) is 11. The van der Waals surface area contributed by atoms with Crippen LogP contribution < -0.4 is 21.3 Å². The van der Waals surface area contributed by atoms with Gasteiger partial charge >= 0.3 is 0 Å². The Morgan fingerprint density at radius 1 is 1.19 bits per heavy atom. The molecule has 1 aliphatic heterocycles. The molecule has 15 nitrogen and oxygen atoms in total. The Hall–Kier alpha value is -2.93. The molecule has 1 aliphatic rings. The van der Waals surface area contributed by atoms with E-state index in [9.17, 15) is 23.6 Å². The standard InChI is InChI=1S/C31H47N6O9S/c1-6-8-23-19-35(14-11-21(3)4)29-28(23)32-30(33-31(29)38)25-18-24(9-10-26(25)44-17-7-2)47(41,42)36-15-12-22(13-16-36)27(20-45-34-39)46-37(40)43-5/h9-10,18-19,21-22,27,34,37H,6-8,11-17,20H2,1-5H3,(H,32,33,38)/q-1/t27-/m1/s1. The highest BCUT2D eigenvalue weighted by Crippen LogP contribution is 2.34. The van der Waals surface area contributed by atoms with Crippen LogP contribution in [-0.4, -0.2) is 66.8 Å². The predicted octanol–water partition coefficient (Wildman–Crippen LogP) is 2.84. The fraction of sp³-hybridized carbons (Fsp3) is 0.613. The number of aryl methyl sites for hydroxylation is 2. The normalized spacial score (nSPS) is 16.3. The van der Waals surface area contributed by atoms with E-state index in [4.69, 9.17) is 19.4 Å². The summed E-state index contributed by atoms with van der Waals surface area (Å²) >= 11 is 0. The van der Waals surface area contributed by atoms with Crippen molar-refractivity contribution in [3.8, 4) is 17.1 Å². The van der Waals surface area contributed by atoms with E-state index in [-0.39, 0.29) is 41.9 Å². The molecule has 3 heterocycles. The lowest BCUT2D eigenvalue weighted by atomic mass is 9.92. The maximum Gasteiger partial charge on any atom is 0.275 e. The van der Waals surface area contributed by atoms with Crippen molar-refractivity contribution in [2.45, 2.75) is 83.8 Å². The van der Waals surface area contributed by atoms with Crippen LogP contribution in [-0.2, 0) is 37.5 Å². The molecule has 0 spiro atoms. The van der Waals surface area contributed by atoms with Gasteiger partial charge in [0.05, 0.1) is 36.3 Å². The Labute approximate surface area is 275 Å². The molecule has 0 saturated carbocycles. The summed E-state index contributed by atoms with van der Waals surface area (Å²) in [5, 5.41) is 21.5. The van der Waals surface area contributed by atoms with Crippen LogP contribution in [0.5, 0.6) is 5.75 Å². The van der Waals surface area contributed by atoms with Gasteiger partial charge in [-0.15, -0.1) is 0 Å². The number of nitrogens with one attached hydrogen (secondary N) is 3. The van der Waals surface area contributed by atoms with Gasteiger partial charge in [-0.1, -0.05) is 39.5 Å². The summed E-state index contributed by atoms with van der Waals surface area (Å²) in [6.07, 6.45) is 5.17. The molecule has 1 fully saturated rings. The lowest BCUT2D eigenvalue weighted by Gasteiger charge is -2.35. The molecule has 3 aromatic rings. The van der Waals surface area contributed by atoms with Crippen LogP contribution in [0.2, 0.25) is 0 Å². The third kappa shape index (κ3) is 8.95. The zero-order valence-corrected chi connectivity index (χ0v) is 28.6. The number of aromatic amines is 1. The summed E-state index contributed by atoms with van der Waals surface area (Å²) < 4.78 is 37.2. The highest BCUT2D eigenvalue weighted by Gasteiger charge is 2.35. The number of rotatable bonds is 18. The first-order valence-electron chi connectivity index (χ1n) is 16.2. The number of H-pyrrole nitrogens is 1. The van der Waals surface area contributed by atoms with E-state index < -0.39 is 21.5 Å². The summed E-state index contributed by atoms with van der Waals surface area (Å²) in [5.41, 5.74) is 3.48. The molecule has 1 aromatic carbocycles. The monoisotopic (exact) mass is 679 g/mol. The third-order valence-corrected chi connectivity index (χ3v) is 10.2. The Morgan fingerprint density at radius 2 is 1.94 bits per heavy atom. The van der Waals surface area contributed by atoms with Gasteiger partial charge in [0.25, 0.3) is 5.56 Å². The van der Waals surface area contributed by atoms with Crippen LogP contribution in [0.15, 0.2) is 34.1 Å². The van der Waals surface area contributed by atoms with E-state index in [2.05, 4.69) is 30.6 Å². The Balaban J connectivity index is 1.67. The fourth-order valence-electron chi connectivity index (χ4n) is 5.81. The van der Waals surface area contributed by atoms with Crippen molar-refractivity contribution in [3.05, 3.63) is 50.7 Å². The maximum absolute atomic E-state index is 13.9. The fourth-order valence-corrected chi connectivity index (χ4v) is 7.30. The largest absolute Gasteiger partial charge is 0.765 e. The van der Waals surface area contributed by atoms with Gasteiger partial charge in [0.1, 0.15) is 23.2 Å². The van der Waals surface area contributed by atoms with Crippen LogP contribution in [0.3, 0.4) is 0 Å². The van der Waals surface area contributed by atoms with Gasteiger partial charge in [0, 0.05) is 25.8 Å². The molecular weight excluding hydrogens is 632 g/mol. The van der Waals surface area contributed by atoms with Gasteiger partial charge in [-0.3, -0.25) is 10.4 Å². The summed E-state index contributed by atoms with van der Waals surface area (Å²) in [7, 11) is -2.80. The Bertz CT molecular complexity index is 1620. The van der Waals surface area contributed by atoms with E-state index in [0.717, 1.165) is 31.2 Å². The number of piperidine rings is 1. The minimum Gasteiger partial charge on any atom is -0.765 e. The molecular formula is C31H47N6O9S-. The van der Waals surface area contributed by atoms with Gasteiger partial charge in [0.15, 0.2) is 0 Å². The topological polar surface area (TPSA) is 188 Å². The average molecular weight is 680 g/mol. The summed E-state index contributed by atoms with van der Waals surface area (Å²) in [6.45, 7) is 9.48. The molecule has 2 aromatic heterocycles. The number of benzene rings is 1. The highest BCUT2D eigenvalue weighted by atomic mass is 32.2. The van der Waals surface area contributed by atoms with Gasteiger partial charge in [-0.05, 0) is 67.7 Å². The van der Waals surface area contributed by atoms with Crippen molar-refractivity contribution >= 4 is 21.1 Å². The van der Waals surface area contributed by atoms with Crippen molar-refractivity contribution in [2.24, 2.45) is 11.8 Å². The van der Waals surface area contributed by atoms with E-state index in [1.807, 2.05) is 17.7 Å². The first-order valence-corrected chi connectivity index (χ1v) is 17.6. The molecule has 3 N–H and O–H groups in total. The van der Waals surface area contributed by atoms with Crippen molar-refractivity contribution in [1.29, 1.82) is 0 Å². The first-order chi connectivity index (χ1) is 22.5. The molecule has 0 radical (unpaired) electrons. The second kappa shape index (κ2) is 16.9. The minimum atomic E-state index is -3.98. The van der Waals surface area contributed by atoms with Crippen LogP contribution in [0.25, 0.3) is 22.4 Å². The van der Waals surface area contributed by atoms with Crippen LogP contribution in [0, 0.1) is 22.3 Å². The van der Waals surface area contributed by atoms with E-state index in [1.165, 1.54) is 29.2 Å². The van der Waals surface area contributed by atoms with Gasteiger partial charge in [0.2, 0.25) is 10.0 Å². The Morgan fingerprint density at radius 3 is 2.57 bits per heavy atom. The average Bonchev–Trinajstić information content (AvgIpc) is 3.42. The Kier molecular flexibility index (Phi) is 13.3. The number of nitrogens with zero attached hydrogens (tertiary/aromatic N) is 3. The van der Waals surface area contributed by atoms with Crippen molar-refractivity contribution < 1.29 is 33.1 Å². The lowest BCUT2D eigenvalue weighted by Crippen LogP contribution is -3.05. The molecule has 0 amide bonds. The molecule has 4 rings (SSSR count). The lowest BCUT2D eigenvalue weighted by molar-refractivity contribution is -1.21. The van der Waals surface area contributed by atoms with E-state index >= 15 is 0 Å². The van der Waals surface area contributed by atoms with Gasteiger partial charge < -0.3 is 29.5 Å². The summed E-state index contributed by atoms with van der Waals surface area (Å²) in [5.74, 6) is 0.850. The van der Waals surface area contributed by atoms with Crippen LogP contribution in [0.4, 0.5) is 0 Å². The number of aromatic nitrogens is 3. The number of quaternary nitrogens is 1. The van der Waals surface area contributed by atoms with Gasteiger partial charge in [-0.2, -0.15) is 14.0 Å². The zero-order valence-electron chi connectivity index (χ0n) is 27.7. The molecule has 1 unspecified atom stereocenters. The molecule has 262 valence electrons. The minimum absolute atomic E-state index is 0.0297. The number of hydrogen-bond donors (Lipinski definition) is 3. The predicted molar refractivity (Wildman–Crippen MR) is 175 cm³/mol. The van der Waals surface area contributed by atoms with Crippen molar-refractivity contribution in [2.75, 3.05) is 33.4 Å². The first kappa shape index (κ1) is 36.9. The van der Waals surface area contributed by atoms with Crippen LogP contribution >= 0.6 is 0 Å². The van der Waals surface area contributed by atoms with Crippen molar-refractivity contribution in [3.63, 3.8) is 0 Å². The second-order valence-electron chi connectivity index (χ2n) is 12.1. The smallest absolute Gasteiger partial charge is 0.275 e. The molecule has 0 aliphatic carbocycles. The molecule has 2 atom stereocenters. The second-order valence-corrected chi connectivity index (χ2v) is 14.1. The number of ether oxygens (including phenoxy) is 1.